The first kappa shape index (κ1) is 16.3. The Hall–Kier alpha value is -0.683. The predicted molar refractivity (Wildman–Crippen MR) is 69.4 cm³/mol. The molecule has 0 bridgehead atoms. The minimum atomic E-state index is -1.95. The van der Waals surface area contributed by atoms with E-state index in [2.05, 4.69) is 38.6 Å². The van der Waals surface area contributed by atoms with Crippen molar-refractivity contribution in [2.45, 2.75) is 57.8 Å². The van der Waals surface area contributed by atoms with Crippen LogP contribution < -0.4 is 0 Å². The van der Waals surface area contributed by atoms with Crippen LogP contribution >= 0.6 is 0 Å². The van der Waals surface area contributed by atoms with Gasteiger partial charge in [0.25, 0.3) is 0 Å². The van der Waals surface area contributed by atoms with Gasteiger partial charge >= 0.3 is 5.97 Å². The van der Waals surface area contributed by atoms with Crippen molar-refractivity contribution < 1.29 is 18.8 Å². The lowest BCUT2D eigenvalue weighted by Crippen LogP contribution is -2.44. The van der Waals surface area contributed by atoms with Gasteiger partial charge in [-0.25, -0.2) is 0 Å². The van der Waals surface area contributed by atoms with Crippen LogP contribution in [0, 0.1) is 0 Å². The van der Waals surface area contributed by atoms with Crippen LogP contribution in [0.15, 0.2) is 0 Å². The molecule has 0 saturated heterocycles. The Morgan fingerprint density at radius 3 is 2.24 bits per heavy atom. The van der Waals surface area contributed by atoms with E-state index in [1.165, 1.54) is 7.11 Å². The molecule has 4 nitrogen and oxygen atoms in total. The fourth-order valence-corrected chi connectivity index (χ4v) is 2.51. The molecule has 5 heteroatoms. The van der Waals surface area contributed by atoms with Crippen molar-refractivity contribution in [3.63, 3.8) is 0 Å². The molecule has 0 aliphatic carbocycles. The summed E-state index contributed by atoms with van der Waals surface area (Å²) in [5, 5.41) is 0.0598. The standard InChI is InChI=1S/C12H24O4Si/c1-12(2,3)17(5,6)16-10(7-8-13)9-11(14)15-4/h8,10H,7,9H2,1-6H3. The van der Waals surface area contributed by atoms with E-state index >= 15 is 0 Å². The minimum Gasteiger partial charge on any atom is -0.469 e. The quantitative estimate of drug-likeness (QED) is 0.418. The number of carbonyl (C=O) groups is 2. The third kappa shape index (κ3) is 5.45. The van der Waals surface area contributed by atoms with Crippen LogP contribution in [-0.4, -0.2) is 33.8 Å². The molecule has 0 aromatic carbocycles. The summed E-state index contributed by atoms with van der Waals surface area (Å²) in [6, 6.07) is 0. The summed E-state index contributed by atoms with van der Waals surface area (Å²) in [4.78, 5) is 21.8. The first-order valence-corrected chi connectivity index (χ1v) is 8.73. The third-order valence-electron chi connectivity index (χ3n) is 3.25. The van der Waals surface area contributed by atoms with Crippen molar-refractivity contribution in [1.82, 2.24) is 0 Å². The first-order valence-electron chi connectivity index (χ1n) is 5.82. The molecule has 0 spiro atoms. The monoisotopic (exact) mass is 260 g/mol. The fraction of sp³-hybridized carbons (Fsp3) is 0.833. The molecule has 17 heavy (non-hydrogen) atoms. The smallest absolute Gasteiger partial charge is 0.308 e. The molecule has 100 valence electrons. The molecule has 0 heterocycles. The number of rotatable bonds is 6. The Morgan fingerprint density at radius 1 is 1.35 bits per heavy atom. The van der Waals surface area contributed by atoms with Gasteiger partial charge in [0.05, 0.1) is 19.6 Å². The molecule has 0 saturated carbocycles. The fourth-order valence-electron chi connectivity index (χ4n) is 1.14. The molecule has 0 fully saturated rings. The van der Waals surface area contributed by atoms with E-state index in [0.29, 0.717) is 0 Å². The molecular weight excluding hydrogens is 236 g/mol. The van der Waals surface area contributed by atoms with E-state index in [1.54, 1.807) is 0 Å². The molecule has 1 atom stereocenters. The van der Waals surface area contributed by atoms with Crippen molar-refractivity contribution in [3.05, 3.63) is 0 Å². The molecule has 0 aromatic heterocycles. The van der Waals surface area contributed by atoms with Crippen LogP contribution in [-0.2, 0) is 18.8 Å². The number of hydrogen-bond donors (Lipinski definition) is 0. The number of esters is 1. The maximum absolute atomic E-state index is 11.2. The van der Waals surface area contributed by atoms with Gasteiger partial charge < -0.3 is 14.0 Å². The second-order valence-electron chi connectivity index (χ2n) is 5.68. The summed E-state index contributed by atoms with van der Waals surface area (Å²) in [5.41, 5.74) is 0. The van der Waals surface area contributed by atoms with E-state index in [0.717, 1.165) is 6.29 Å². The average molecular weight is 260 g/mol. The van der Waals surface area contributed by atoms with Crippen LogP contribution in [0.2, 0.25) is 18.1 Å². The molecular formula is C12H24O4Si. The lowest BCUT2D eigenvalue weighted by Gasteiger charge is -2.38. The summed E-state index contributed by atoms with van der Waals surface area (Å²) in [7, 11) is -0.612. The Bertz CT molecular complexity index is 268. The number of hydrogen-bond acceptors (Lipinski definition) is 4. The molecule has 0 rings (SSSR count). The Balaban J connectivity index is 4.64. The zero-order valence-corrected chi connectivity index (χ0v) is 12.7. The molecule has 0 radical (unpaired) electrons. The number of carbonyl (C=O) groups excluding carboxylic acids is 2. The number of ether oxygens (including phenoxy) is 1. The Labute approximate surface area is 105 Å². The van der Waals surface area contributed by atoms with Crippen LogP contribution in [0.5, 0.6) is 0 Å². The number of methoxy groups -OCH3 is 1. The van der Waals surface area contributed by atoms with Crippen molar-refractivity contribution >= 4 is 20.6 Å². The SMILES string of the molecule is COC(=O)CC(CC=O)O[Si](C)(C)C(C)(C)C. The molecule has 0 amide bonds. The normalized spacial score (nSPS) is 14.2. The largest absolute Gasteiger partial charge is 0.469 e. The molecule has 0 aliphatic heterocycles. The van der Waals surface area contributed by atoms with Gasteiger partial charge in [-0.15, -0.1) is 0 Å². The molecule has 0 aromatic rings. The summed E-state index contributed by atoms with van der Waals surface area (Å²) < 4.78 is 10.6. The topological polar surface area (TPSA) is 52.6 Å². The van der Waals surface area contributed by atoms with E-state index in [-0.39, 0.29) is 30.0 Å². The van der Waals surface area contributed by atoms with Crippen LogP contribution in [0.1, 0.15) is 33.6 Å². The molecule has 1 unspecified atom stereocenters. The predicted octanol–water partition coefficient (Wildman–Crippen LogP) is 2.53. The van der Waals surface area contributed by atoms with Gasteiger partial charge in [-0.1, -0.05) is 20.8 Å². The van der Waals surface area contributed by atoms with Crippen molar-refractivity contribution in [2.24, 2.45) is 0 Å². The van der Waals surface area contributed by atoms with Crippen LogP contribution in [0.3, 0.4) is 0 Å². The van der Waals surface area contributed by atoms with Crippen molar-refractivity contribution in [1.29, 1.82) is 0 Å². The number of aldehydes is 1. The lowest BCUT2D eigenvalue weighted by atomic mass is 10.2. The molecule has 0 aliphatic rings. The first-order chi connectivity index (χ1) is 7.64. The highest BCUT2D eigenvalue weighted by Gasteiger charge is 2.39. The van der Waals surface area contributed by atoms with Gasteiger partial charge in [0.15, 0.2) is 8.32 Å². The van der Waals surface area contributed by atoms with E-state index in [9.17, 15) is 9.59 Å². The minimum absolute atomic E-state index is 0.0598. The van der Waals surface area contributed by atoms with E-state index < -0.39 is 8.32 Å². The second kappa shape index (κ2) is 6.30. The van der Waals surface area contributed by atoms with Gasteiger partial charge in [0.1, 0.15) is 6.29 Å². The van der Waals surface area contributed by atoms with E-state index in [4.69, 9.17) is 4.43 Å². The zero-order valence-electron chi connectivity index (χ0n) is 11.7. The summed E-state index contributed by atoms with van der Waals surface area (Å²) in [6.07, 6.45) is 0.810. The lowest BCUT2D eigenvalue weighted by molar-refractivity contribution is -0.142. The highest BCUT2D eigenvalue weighted by Crippen LogP contribution is 2.37. The summed E-state index contributed by atoms with van der Waals surface area (Å²) >= 11 is 0. The van der Waals surface area contributed by atoms with Crippen LogP contribution in [0.25, 0.3) is 0 Å². The third-order valence-corrected chi connectivity index (χ3v) is 7.78. The van der Waals surface area contributed by atoms with Gasteiger partial charge in [0.2, 0.25) is 0 Å². The van der Waals surface area contributed by atoms with Crippen molar-refractivity contribution in [2.75, 3.05) is 7.11 Å². The van der Waals surface area contributed by atoms with Crippen LogP contribution in [0.4, 0.5) is 0 Å². The van der Waals surface area contributed by atoms with E-state index in [1.807, 2.05) is 0 Å². The van der Waals surface area contributed by atoms with Gasteiger partial charge in [0, 0.05) is 6.42 Å². The molecule has 0 N–H and O–H groups in total. The van der Waals surface area contributed by atoms with Crippen molar-refractivity contribution in [3.8, 4) is 0 Å². The Morgan fingerprint density at radius 2 is 1.88 bits per heavy atom. The highest BCUT2D eigenvalue weighted by molar-refractivity contribution is 6.74. The summed E-state index contributed by atoms with van der Waals surface area (Å²) in [6.45, 7) is 10.6. The van der Waals surface area contributed by atoms with Gasteiger partial charge in [-0.05, 0) is 18.1 Å². The highest BCUT2D eigenvalue weighted by atomic mass is 28.4. The average Bonchev–Trinajstić information content (AvgIpc) is 2.15. The maximum Gasteiger partial charge on any atom is 0.308 e. The van der Waals surface area contributed by atoms with Gasteiger partial charge in [-0.3, -0.25) is 4.79 Å². The summed E-state index contributed by atoms with van der Waals surface area (Å²) in [5.74, 6) is -0.337. The maximum atomic E-state index is 11.2. The Kier molecular flexibility index (Phi) is 6.05. The van der Waals surface area contributed by atoms with Gasteiger partial charge in [-0.2, -0.15) is 0 Å². The second-order valence-corrected chi connectivity index (χ2v) is 10.4. The zero-order chi connectivity index (χ0) is 13.7.